The smallest absolute Gasteiger partial charge is 0.260 e. The number of carbonyl (C=O) groups is 2. The van der Waals surface area contributed by atoms with Crippen LogP contribution in [0.5, 0.6) is 5.75 Å². The van der Waals surface area contributed by atoms with Crippen LogP contribution >= 0.6 is 11.3 Å². The van der Waals surface area contributed by atoms with E-state index in [9.17, 15) is 14.0 Å². The molecule has 0 aliphatic carbocycles. The summed E-state index contributed by atoms with van der Waals surface area (Å²) >= 11 is 1.45. The Hall–Kier alpha value is -2.41. The van der Waals surface area contributed by atoms with E-state index in [1.807, 2.05) is 5.38 Å². The normalized spacial score (nSPS) is 14.0. The summed E-state index contributed by atoms with van der Waals surface area (Å²) in [6.07, 6.45) is 0. The third kappa shape index (κ3) is 3.68. The number of rotatable bonds is 4. The number of amides is 2. The van der Waals surface area contributed by atoms with Gasteiger partial charge >= 0.3 is 0 Å². The van der Waals surface area contributed by atoms with Gasteiger partial charge in [-0.15, -0.1) is 0 Å². The molecular weight excluding hydrogens is 319 g/mol. The lowest BCUT2D eigenvalue weighted by molar-refractivity contribution is -0.133. The van der Waals surface area contributed by atoms with Gasteiger partial charge in [-0.3, -0.25) is 9.59 Å². The molecule has 0 saturated heterocycles. The summed E-state index contributed by atoms with van der Waals surface area (Å²) in [6, 6.07) is 5.94. The third-order valence-electron chi connectivity index (χ3n) is 3.54. The molecule has 0 bridgehead atoms. The molecule has 0 saturated carbocycles. The van der Waals surface area contributed by atoms with Crippen molar-refractivity contribution >= 4 is 23.2 Å². The fourth-order valence-electron chi connectivity index (χ4n) is 2.34. The maximum Gasteiger partial charge on any atom is 0.260 e. The average molecular weight is 334 g/mol. The molecule has 23 heavy (non-hydrogen) atoms. The molecule has 3 rings (SSSR count). The Kier molecular flexibility index (Phi) is 4.57. The molecule has 7 heteroatoms. The van der Waals surface area contributed by atoms with E-state index in [0.717, 1.165) is 0 Å². The molecule has 5 nitrogen and oxygen atoms in total. The molecule has 0 radical (unpaired) electrons. The molecule has 1 aromatic carbocycles. The molecule has 1 N–H and O–H groups in total. The van der Waals surface area contributed by atoms with E-state index in [4.69, 9.17) is 4.74 Å². The fourth-order valence-corrected chi connectivity index (χ4v) is 2.98. The lowest BCUT2D eigenvalue weighted by atomic mass is 10.2. The van der Waals surface area contributed by atoms with Crippen LogP contribution in [0.1, 0.15) is 15.9 Å². The van der Waals surface area contributed by atoms with Crippen LogP contribution in [0.3, 0.4) is 0 Å². The number of fused-ring (bicyclic) bond motifs is 1. The number of nitrogens with one attached hydrogen (secondary N) is 1. The first kappa shape index (κ1) is 15.5. The molecule has 1 aliphatic rings. The van der Waals surface area contributed by atoms with Gasteiger partial charge in [0.2, 0.25) is 0 Å². The number of nitrogens with zero attached hydrogens (tertiary/aromatic N) is 1. The largest absolute Gasteiger partial charge is 0.483 e. The van der Waals surface area contributed by atoms with Gasteiger partial charge in [-0.2, -0.15) is 11.3 Å². The summed E-state index contributed by atoms with van der Waals surface area (Å²) in [4.78, 5) is 25.5. The number of halogens is 1. The van der Waals surface area contributed by atoms with Gasteiger partial charge in [-0.05, 0) is 29.6 Å². The van der Waals surface area contributed by atoms with Crippen LogP contribution in [-0.4, -0.2) is 36.4 Å². The quantitative estimate of drug-likeness (QED) is 0.931. The maximum absolute atomic E-state index is 13.4. The Morgan fingerprint density at radius 3 is 3.04 bits per heavy atom. The molecule has 1 aromatic heterocycles. The van der Waals surface area contributed by atoms with Gasteiger partial charge in [0.05, 0.1) is 0 Å². The van der Waals surface area contributed by atoms with Gasteiger partial charge in [0.15, 0.2) is 6.61 Å². The van der Waals surface area contributed by atoms with E-state index in [-0.39, 0.29) is 30.8 Å². The maximum atomic E-state index is 13.4. The Balaban J connectivity index is 1.60. The molecule has 2 amide bonds. The summed E-state index contributed by atoms with van der Waals surface area (Å²) in [5, 5.41) is 6.36. The van der Waals surface area contributed by atoms with Gasteiger partial charge < -0.3 is 15.0 Å². The van der Waals surface area contributed by atoms with Crippen molar-refractivity contribution in [1.82, 2.24) is 10.2 Å². The molecule has 0 fully saturated rings. The fraction of sp³-hybridized carbons (Fsp3) is 0.250. The molecule has 2 heterocycles. The number of benzene rings is 1. The molecular formula is C16H15FN2O3S. The standard InChI is InChI=1S/C16H15FN2O3S/c17-13-1-2-14-12(7-13)8-19(15(20)9-22-14)5-4-18-16(21)11-3-6-23-10-11/h1-3,6-7,10H,4-5,8-9H2,(H,18,21). The molecule has 2 aromatic rings. The van der Waals surface area contributed by atoms with Crippen LogP contribution in [0.15, 0.2) is 35.0 Å². The zero-order valence-electron chi connectivity index (χ0n) is 12.3. The zero-order chi connectivity index (χ0) is 16.2. The average Bonchev–Trinajstić information content (AvgIpc) is 3.02. The second-order valence-corrected chi connectivity index (χ2v) is 5.90. The highest BCUT2D eigenvalue weighted by Crippen LogP contribution is 2.24. The third-order valence-corrected chi connectivity index (χ3v) is 4.22. The van der Waals surface area contributed by atoms with Crippen molar-refractivity contribution < 1.29 is 18.7 Å². The van der Waals surface area contributed by atoms with Crippen molar-refractivity contribution in [2.24, 2.45) is 0 Å². The monoisotopic (exact) mass is 334 g/mol. The summed E-state index contributed by atoms with van der Waals surface area (Å²) in [5.41, 5.74) is 1.23. The van der Waals surface area contributed by atoms with Crippen molar-refractivity contribution in [2.75, 3.05) is 19.7 Å². The minimum absolute atomic E-state index is 0.0862. The van der Waals surface area contributed by atoms with E-state index in [1.54, 1.807) is 16.3 Å². The van der Waals surface area contributed by atoms with Gasteiger partial charge in [-0.1, -0.05) is 0 Å². The van der Waals surface area contributed by atoms with E-state index in [1.165, 1.54) is 29.5 Å². The van der Waals surface area contributed by atoms with Gasteiger partial charge in [0, 0.05) is 36.1 Å². The molecule has 0 unspecified atom stereocenters. The van der Waals surface area contributed by atoms with Crippen LogP contribution in [0, 0.1) is 5.82 Å². The highest BCUT2D eigenvalue weighted by Gasteiger charge is 2.21. The van der Waals surface area contributed by atoms with Gasteiger partial charge in [0.1, 0.15) is 11.6 Å². The van der Waals surface area contributed by atoms with Crippen molar-refractivity contribution in [3.05, 3.63) is 52.0 Å². The minimum atomic E-state index is -0.368. The lowest BCUT2D eigenvalue weighted by Gasteiger charge is -2.20. The number of hydrogen-bond donors (Lipinski definition) is 1. The molecule has 1 aliphatic heterocycles. The van der Waals surface area contributed by atoms with Crippen LogP contribution in [0.2, 0.25) is 0 Å². The van der Waals surface area contributed by atoms with Crippen LogP contribution in [-0.2, 0) is 11.3 Å². The van der Waals surface area contributed by atoms with E-state index < -0.39 is 0 Å². The predicted octanol–water partition coefficient (Wildman–Crippen LogP) is 2.04. The van der Waals surface area contributed by atoms with Gasteiger partial charge in [-0.25, -0.2) is 4.39 Å². The first-order valence-corrected chi connectivity index (χ1v) is 8.07. The predicted molar refractivity (Wildman–Crippen MR) is 84.0 cm³/mol. The van der Waals surface area contributed by atoms with E-state index in [0.29, 0.717) is 30.0 Å². The number of carbonyl (C=O) groups excluding carboxylic acids is 2. The van der Waals surface area contributed by atoms with Crippen LogP contribution < -0.4 is 10.1 Å². The van der Waals surface area contributed by atoms with E-state index in [2.05, 4.69) is 5.32 Å². The summed E-state index contributed by atoms with van der Waals surface area (Å²) in [6.45, 7) is 0.844. The molecule has 120 valence electrons. The summed E-state index contributed by atoms with van der Waals surface area (Å²) in [5.74, 6) is -0.209. The van der Waals surface area contributed by atoms with Crippen molar-refractivity contribution in [3.63, 3.8) is 0 Å². The lowest BCUT2D eigenvalue weighted by Crippen LogP contribution is -2.39. The molecule has 0 atom stereocenters. The van der Waals surface area contributed by atoms with Crippen molar-refractivity contribution in [2.45, 2.75) is 6.54 Å². The van der Waals surface area contributed by atoms with Gasteiger partial charge in [0.25, 0.3) is 11.8 Å². The Labute approximate surface area is 136 Å². The Morgan fingerprint density at radius 2 is 2.26 bits per heavy atom. The van der Waals surface area contributed by atoms with Crippen LogP contribution in [0.4, 0.5) is 4.39 Å². The second-order valence-electron chi connectivity index (χ2n) is 5.12. The first-order chi connectivity index (χ1) is 11.1. The number of ether oxygens (including phenoxy) is 1. The van der Waals surface area contributed by atoms with Crippen molar-refractivity contribution in [3.8, 4) is 5.75 Å². The molecule has 0 spiro atoms. The highest BCUT2D eigenvalue weighted by atomic mass is 32.1. The van der Waals surface area contributed by atoms with Crippen LogP contribution in [0.25, 0.3) is 0 Å². The van der Waals surface area contributed by atoms with E-state index >= 15 is 0 Å². The number of thiophene rings is 1. The summed E-state index contributed by atoms with van der Waals surface area (Å²) < 4.78 is 18.7. The highest BCUT2D eigenvalue weighted by molar-refractivity contribution is 7.08. The zero-order valence-corrected chi connectivity index (χ0v) is 13.1. The van der Waals surface area contributed by atoms with Crippen molar-refractivity contribution in [1.29, 1.82) is 0 Å². The summed E-state index contributed by atoms with van der Waals surface area (Å²) in [7, 11) is 0. The minimum Gasteiger partial charge on any atom is -0.483 e. The first-order valence-electron chi connectivity index (χ1n) is 7.13. The second kappa shape index (κ2) is 6.78. The SMILES string of the molecule is O=C(NCCN1Cc2cc(F)ccc2OCC1=O)c1ccsc1. The Bertz CT molecular complexity index is 718. The number of hydrogen-bond acceptors (Lipinski definition) is 4. The Morgan fingerprint density at radius 1 is 1.39 bits per heavy atom. The topological polar surface area (TPSA) is 58.6 Å².